The molecule has 0 radical (unpaired) electrons. The Balaban J connectivity index is 2.76. The second kappa shape index (κ2) is 5.79. The van der Waals surface area contributed by atoms with Gasteiger partial charge in [0.25, 0.3) is 0 Å². The summed E-state index contributed by atoms with van der Waals surface area (Å²) in [6.45, 7) is 4.24. The summed E-state index contributed by atoms with van der Waals surface area (Å²) in [5.74, 6) is 1.56. The highest BCUT2D eigenvalue weighted by atomic mass is 79.9. The van der Waals surface area contributed by atoms with Crippen LogP contribution < -0.4 is 10.6 Å². The molecule has 2 N–H and O–H groups in total. The third-order valence-corrected chi connectivity index (χ3v) is 2.34. The molecule has 0 fully saturated rings. The molecular weight excluding hydrogens is 272 g/mol. The predicted octanol–water partition coefficient (Wildman–Crippen LogP) is 1.52. The fourth-order valence-electron chi connectivity index (χ4n) is 1.04. The summed E-state index contributed by atoms with van der Waals surface area (Å²) in [6.07, 6.45) is 0. The molecule has 0 unspecified atom stereocenters. The Morgan fingerprint density at radius 1 is 1.50 bits per heavy atom. The van der Waals surface area contributed by atoms with Crippen LogP contribution in [0.1, 0.15) is 25.6 Å². The summed E-state index contributed by atoms with van der Waals surface area (Å²) >= 11 is 3.31. The maximum Gasteiger partial charge on any atom is 0.239 e. The highest BCUT2D eigenvalue weighted by Crippen LogP contribution is 2.17. The Hall–Kier alpha value is -1.17. The molecule has 0 atom stereocenters. The van der Waals surface area contributed by atoms with Crippen molar-refractivity contribution in [1.82, 2.24) is 15.3 Å². The van der Waals surface area contributed by atoms with E-state index in [1.54, 1.807) is 13.1 Å². The van der Waals surface area contributed by atoms with Gasteiger partial charge in [0.15, 0.2) is 0 Å². The third kappa shape index (κ3) is 3.77. The number of nitrogens with one attached hydrogen (secondary N) is 2. The molecule has 0 bridgehead atoms. The number of amides is 1. The summed E-state index contributed by atoms with van der Waals surface area (Å²) in [5.41, 5.74) is 0. The van der Waals surface area contributed by atoms with E-state index in [-0.39, 0.29) is 18.4 Å². The number of likely N-dealkylation sites (N-methyl/N-ethyl adjacent to an activating group) is 1. The Kier molecular flexibility index (Phi) is 4.67. The van der Waals surface area contributed by atoms with Gasteiger partial charge in [0.2, 0.25) is 5.91 Å². The predicted molar refractivity (Wildman–Crippen MR) is 66.4 cm³/mol. The molecule has 5 nitrogen and oxygen atoms in total. The van der Waals surface area contributed by atoms with Crippen molar-refractivity contribution in [3.05, 3.63) is 16.5 Å². The number of halogens is 1. The molecule has 0 aliphatic rings. The highest BCUT2D eigenvalue weighted by molar-refractivity contribution is 9.10. The molecule has 6 heteroatoms. The molecule has 0 aliphatic carbocycles. The van der Waals surface area contributed by atoms with Crippen molar-refractivity contribution in [2.75, 3.05) is 18.9 Å². The first-order chi connectivity index (χ1) is 7.52. The lowest BCUT2D eigenvalue weighted by Crippen LogP contribution is -2.26. The van der Waals surface area contributed by atoms with E-state index < -0.39 is 0 Å². The first kappa shape index (κ1) is 12.9. The van der Waals surface area contributed by atoms with E-state index in [4.69, 9.17) is 0 Å². The Labute approximate surface area is 103 Å². The number of anilines is 1. The van der Waals surface area contributed by atoms with E-state index in [0.717, 1.165) is 5.82 Å². The number of nitrogens with zero attached hydrogens (tertiary/aromatic N) is 2. The maximum atomic E-state index is 11.1. The van der Waals surface area contributed by atoms with Gasteiger partial charge in [0, 0.05) is 19.0 Å². The lowest BCUT2D eigenvalue weighted by atomic mass is 10.2. The van der Waals surface area contributed by atoms with Crippen molar-refractivity contribution in [2.24, 2.45) is 0 Å². The van der Waals surface area contributed by atoms with Crippen molar-refractivity contribution in [2.45, 2.75) is 19.8 Å². The average Bonchev–Trinajstić information content (AvgIpc) is 2.25. The Morgan fingerprint density at radius 2 is 2.19 bits per heavy atom. The van der Waals surface area contributed by atoms with E-state index in [2.05, 4.69) is 36.5 Å². The van der Waals surface area contributed by atoms with Gasteiger partial charge in [-0.3, -0.25) is 4.79 Å². The Morgan fingerprint density at radius 3 is 2.75 bits per heavy atom. The molecule has 88 valence electrons. The van der Waals surface area contributed by atoms with Gasteiger partial charge in [-0.05, 0) is 15.9 Å². The van der Waals surface area contributed by atoms with Gasteiger partial charge >= 0.3 is 0 Å². The molecule has 0 saturated carbocycles. The van der Waals surface area contributed by atoms with Crippen molar-refractivity contribution in [3.8, 4) is 0 Å². The van der Waals surface area contributed by atoms with Crippen molar-refractivity contribution >= 4 is 27.7 Å². The van der Waals surface area contributed by atoms with Crippen LogP contribution in [0.5, 0.6) is 0 Å². The number of hydrogen-bond acceptors (Lipinski definition) is 4. The Bertz CT molecular complexity index is 381. The quantitative estimate of drug-likeness (QED) is 0.824. The molecule has 0 spiro atoms. The molecule has 0 aromatic carbocycles. The van der Waals surface area contributed by atoms with Gasteiger partial charge < -0.3 is 10.6 Å². The normalized spacial score (nSPS) is 10.3. The number of carbonyl (C=O) groups excluding carboxylic acids is 1. The van der Waals surface area contributed by atoms with Gasteiger partial charge in [0.05, 0.1) is 6.54 Å². The molecule has 0 saturated heterocycles. The summed E-state index contributed by atoms with van der Waals surface area (Å²) in [6, 6.07) is 1.74. The lowest BCUT2D eigenvalue weighted by molar-refractivity contribution is -0.118. The van der Waals surface area contributed by atoms with Crippen LogP contribution in [-0.2, 0) is 4.79 Å². The molecule has 1 amide bonds. The molecule has 1 aromatic heterocycles. The zero-order valence-electron chi connectivity index (χ0n) is 9.54. The second-order valence-electron chi connectivity index (χ2n) is 3.62. The van der Waals surface area contributed by atoms with Crippen molar-refractivity contribution in [3.63, 3.8) is 0 Å². The monoisotopic (exact) mass is 286 g/mol. The molecule has 0 aliphatic heterocycles. The summed E-state index contributed by atoms with van der Waals surface area (Å²) in [7, 11) is 1.60. The molecule has 1 aromatic rings. The zero-order valence-corrected chi connectivity index (χ0v) is 11.1. The van der Waals surface area contributed by atoms with Crippen LogP contribution in [0.4, 0.5) is 5.82 Å². The lowest BCUT2D eigenvalue weighted by Gasteiger charge is -2.09. The van der Waals surface area contributed by atoms with E-state index in [1.165, 1.54) is 0 Å². The van der Waals surface area contributed by atoms with Gasteiger partial charge in [-0.25, -0.2) is 9.97 Å². The SMILES string of the molecule is CNC(=O)CNc1cc(Br)nc(C(C)C)n1. The standard InChI is InChI=1S/C10H15BrN4O/c1-6(2)10-14-7(11)4-8(15-10)13-5-9(16)12-3/h4,6H,5H2,1-3H3,(H,12,16)(H,13,14,15). The average molecular weight is 287 g/mol. The van der Waals surface area contributed by atoms with Gasteiger partial charge in [0.1, 0.15) is 16.2 Å². The van der Waals surface area contributed by atoms with Crippen LogP contribution >= 0.6 is 15.9 Å². The van der Waals surface area contributed by atoms with Gasteiger partial charge in [-0.15, -0.1) is 0 Å². The van der Waals surface area contributed by atoms with Gasteiger partial charge in [-0.2, -0.15) is 0 Å². The van der Waals surface area contributed by atoms with Crippen LogP contribution in [0.3, 0.4) is 0 Å². The first-order valence-electron chi connectivity index (χ1n) is 5.02. The van der Waals surface area contributed by atoms with Gasteiger partial charge in [-0.1, -0.05) is 13.8 Å². The van der Waals surface area contributed by atoms with E-state index >= 15 is 0 Å². The second-order valence-corrected chi connectivity index (χ2v) is 4.43. The summed E-state index contributed by atoms with van der Waals surface area (Å²) in [5, 5.41) is 5.47. The largest absolute Gasteiger partial charge is 0.361 e. The van der Waals surface area contributed by atoms with Crippen LogP contribution in [0, 0.1) is 0 Å². The third-order valence-electron chi connectivity index (χ3n) is 1.94. The van der Waals surface area contributed by atoms with Crippen LogP contribution in [-0.4, -0.2) is 29.5 Å². The smallest absolute Gasteiger partial charge is 0.239 e. The van der Waals surface area contributed by atoms with E-state index in [9.17, 15) is 4.79 Å². The van der Waals surface area contributed by atoms with E-state index in [0.29, 0.717) is 10.4 Å². The fraction of sp³-hybridized carbons (Fsp3) is 0.500. The van der Waals surface area contributed by atoms with Crippen LogP contribution in [0.25, 0.3) is 0 Å². The minimum absolute atomic E-state index is 0.0826. The van der Waals surface area contributed by atoms with E-state index in [1.807, 2.05) is 13.8 Å². The van der Waals surface area contributed by atoms with Crippen molar-refractivity contribution in [1.29, 1.82) is 0 Å². The molecular formula is C10H15BrN4O. The molecule has 16 heavy (non-hydrogen) atoms. The summed E-state index contributed by atoms with van der Waals surface area (Å²) < 4.78 is 0.714. The highest BCUT2D eigenvalue weighted by Gasteiger charge is 2.07. The molecule has 1 rings (SSSR count). The van der Waals surface area contributed by atoms with Crippen LogP contribution in [0.2, 0.25) is 0 Å². The number of rotatable bonds is 4. The van der Waals surface area contributed by atoms with Crippen LogP contribution in [0.15, 0.2) is 10.7 Å². The minimum Gasteiger partial charge on any atom is -0.361 e. The number of hydrogen-bond donors (Lipinski definition) is 2. The number of aromatic nitrogens is 2. The van der Waals surface area contributed by atoms with Crippen molar-refractivity contribution < 1.29 is 4.79 Å². The zero-order chi connectivity index (χ0) is 12.1. The summed E-state index contributed by atoms with van der Waals surface area (Å²) in [4.78, 5) is 19.6. The maximum absolute atomic E-state index is 11.1. The topological polar surface area (TPSA) is 66.9 Å². The first-order valence-corrected chi connectivity index (χ1v) is 5.81. The number of carbonyl (C=O) groups is 1. The molecule has 1 heterocycles. The minimum atomic E-state index is -0.0826. The fourth-order valence-corrected chi connectivity index (χ4v) is 1.44.